The number of carbonyl (C=O) groups is 1. The van der Waals surface area contributed by atoms with Crippen LogP contribution >= 0.6 is 15.9 Å². The Bertz CT molecular complexity index is 1240. The molecule has 0 fully saturated rings. The zero-order valence-electron chi connectivity index (χ0n) is 18.8. The number of unbranched alkanes of at least 4 members (excludes halogenated alkanes) is 1. The molecule has 0 aliphatic heterocycles. The maximum absolute atomic E-state index is 12.7. The lowest BCUT2D eigenvalue weighted by atomic mass is 10.1. The van der Waals surface area contributed by atoms with Gasteiger partial charge in [-0.3, -0.25) is 9.52 Å². The smallest absolute Gasteiger partial charge is 0.261 e. The predicted molar refractivity (Wildman–Crippen MR) is 136 cm³/mol. The van der Waals surface area contributed by atoms with Crippen LogP contribution in [0.4, 0.5) is 11.4 Å². The molecule has 6 nitrogen and oxygen atoms in total. The number of sulfonamides is 1. The largest absolute Gasteiger partial charge is 0.492 e. The maximum Gasteiger partial charge on any atom is 0.261 e. The number of halogens is 1. The minimum absolute atomic E-state index is 0.108. The van der Waals surface area contributed by atoms with Crippen molar-refractivity contribution in [2.24, 2.45) is 0 Å². The third-order valence-corrected chi connectivity index (χ3v) is 7.00. The fraction of sp³-hybridized carbons (Fsp3) is 0.240. The van der Waals surface area contributed by atoms with Crippen molar-refractivity contribution in [3.63, 3.8) is 0 Å². The summed E-state index contributed by atoms with van der Waals surface area (Å²) in [7, 11) is -3.75. The third-order valence-electron chi connectivity index (χ3n) is 5.00. The second-order valence-corrected chi connectivity index (χ2v) is 10.3. The molecule has 33 heavy (non-hydrogen) atoms. The Hall–Kier alpha value is -2.84. The summed E-state index contributed by atoms with van der Waals surface area (Å²) in [6.07, 6.45) is 2.00. The van der Waals surface area contributed by atoms with Gasteiger partial charge in [0.25, 0.3) is 15.9 Å². The maximum atomic E-state index is 12.7. The van der Waals surface area contributed by atoms with Crippen LogP contribution < -0.4 is 14.8 Å². The van der Waals surface area contributed by atoms with Gasteiger partial charge < -0.3 is 10.1 Å². The number of aryl methyl sites for hydroxylation is 2. The SMILES string of the molecule is CCCCOc1ccc(C(=O)Nc2ccc(S(=O)(=O)Nc3ccc(C)cc3C)cc2)cc1Br. The van der Waals surface area contributed by atoms with E-state index < -0.39 is 10.0 Å². The number of anilines is 2. The van der Waals surface area contributed by atoms with E-state index in [0.717, 1.165) is 24.0 Å². The lowest BCUT2D eigenvalue weighted by Gasteiger charge is -2.12. The number of nitrogens with one attached hydrogen (secondary N) is 2. The molecule has 0 aliphatic carbocycles. The molecule has 0 spiro atoms. The van der Waals surface area contributed by atoms with E-state index in [1.54, 1.807) is 36.4 Å². The molecule has 0 aliphatic rings. The number of amides is 1. The quantitative estimate of drug-likeness (QED) is 0.318. The number of carbonyl (C=O) groups excluding carboxylic acids is 1. The van der Waals surface area contributed by atoms with Crippen molar-refractivity contribution in [2.75, 3.05) is 16.6 Å². The highest BCUT2D eigenvalue weighted by Gasteiger charge is 2.16. The van der Waals surface area contributed by atoms with Gasteiger partial charge in [-0.25, -0.2) is 8.42 Å². The van der Waals surface area contributed by atoms with Gasteiger partial charge in [0.15, 0.2) is 0 Å². The highest BCUT2D eigenvalue weighted by molar-refractivity contribution is 9.10. The molecule has 0 heterocycles. The molecule has 3 aromatic carbocycles. The normalized spacial score (nSPS) is 11.2. The van der Waals surface area contributed by atoms with Crippen LogP contribution in [0.2, 0.25) is 0 Å². The van der Waals surface area contributed by atoms with E-state index >= 15 is 0 Å². The van der Waals surface area contributed by atoms with Crippen LogP contribution in [-0.2, 0) is 10.0 Å². The fourth-order valence-electron chi connectivity index (χ4n) is 3.14. The molecule has 3 aromatic rings. The molecule has 3 rings (SSSR count). The average molecular weight is 531 g/mol. The Kier molecular flexibility index (Phi) is 8.15. The zero-order chi connectivity index (χ0) is 24.0. The lowest BCUT2D eigenvalue weighted by Crippen LogP contribution is -2.15. The van der Waals surface area contributed by atoms with E-state index in [2.05, 4.69) is 32.9 Å². The van der Waals surface area contributed by atoms with E-state index in [-0.39, 0.29) is 10.8 Å². The summed E-state index contributed by atoms with van der Waals surface area (Å²) in [6, 6.07) is 16.7. The summed E-state index contributed by atoms with van der Waals surface area (Å²) in [5.74, 6) is 0.380. The molecule has 0 aromatic heterocycles. The van der Waals surface area contributed by atoms with E-state index in [1.165, 1.54) is 12.1 Å². The molecular formula is C25H27BrN2O4S. The number of hydrogen-bond donors (Lipinski definition) is 2. The van der Waals surface area contributed by atoms with Crippen molar-refractivity contribution in [1.82, 2.24) is 0 Å². The number of hydrogen-bond acceptors (Lipinski definition) is 4. The molecule has 8 heteroatoms. The van der Waals surface area contributed by atoms with E-state index in [0.29, 0.717) is 33.8 Å². The standard InChI is InChI=1S/C25H27BrN2O4S/c1-4-5-14-32-24-13-7-19(16-22(24)26)25(29)27-20-8-10-21(11-9-20)33(30,31)28-23-12-6-17(2)15-18(23)3/h6-13,15-16,28H,4-5,14H2,1-3H3,(H,27,29). The number of rotatable bonds is 9. The van der Waals surface area contributed by atoms with E-state index in [4.69, 9.17) is 4.74 Å². The molecular weight excluding hydrogens is 504 g/mol. The third kappa shape index (κ3) is 6.58. The summed E-state index contributed by atoms with van der Waals surface area (Å²) >= 11 is 3.44. The zero-order valence-corrected chi connectivity index (χ0v) is 21.2. The van der Waals surface area contributed by atoms with Crippen LogP contribution in [0.1, 0.15) is 41.3 Å². The van der Waals surface area contributed by atoms with Crippen LogP contribution in [0.15, 0.2) is 70.0 Å². The molecule has 0 unspecified atom stereocenters. The summed E-state index contributed by atoms with van der Waals surface area (Å²) < 4.78 is 34.5. The van der Waals surface area contributed by atoms with Gasteiger partial charge in [0, 0.05) is 11.3 Å². The first-order valence-electron chi connectivity index (χ1n) is 10.6. The molecule has 1 amide bonds. The van der Waals surface area contributed by atoms with E-state index in [1.807, 2.05) is 26.0 Å². The summed E-state index contributed by atoms with van der Waals surface area (Å²) in [5, 5.41) is 2.79. The van der Waals surface area contributed by atoms with Gasteiger partial charge in [-0.1, -0.05) is 31.0 Å². The Morgan fingerprint density at radius 1 is 1.00 bits per heavy atom. The number of benzene rings is 3. The summed E-state index contributed by atoms with van der Waals surface area (Å²) in [6.45, 7) is 6.52. The topological polar surface area (TPSA) is 84.5 Å². The van der Waals surface area contributed by atoms with Crippen LogP contribution in [0.3, 0.4) is 0 Å². The molecule has 0 atom stereocenters. The van der Waals surface area contributed by atoms with Crippen molar-refractivity contribution >= 4 is 43.2 Å². The molecule has 0 bridgehead atoms. The summed E-state index contributed by atoms with van der Waals surface area (Å²) in [4.78, 5) is 12.7. The molecule has 0 saturated heterocycles. The Balaban J connectivity index is 1.67. The van der Waals surface area contributed by atoms with Crippen molar-refractivity contribution < 1.29 is 17.9 Å². The van der Waals surface area contributed by atoms with Crippen molar-refractivity contribution in [1.29, 1.82) is 0 Å². The predicted octanol–water partition coefficient (Wildman–Crippen LogP) is 6.30. The van der Waals surface area contributed by atoms with Gasteiger partial charge in [0.1, 0.15) is 5.75 Å². The average Bonchev–Trinajstić information content (AvgIpc) is 2.77. The molecule has 2 N–H and O–H groups in total. The van der Waals surface area contributed by atoms with Gasteiger partial charge >= 0.3 is 0 Å². The molecule has 174 valence electrons. The lowest BCUT2D eigenvalue weighted by molar-refractivity contribution is 0.102. The first kappa shape index (κ1) is 24.8. The van der Waals surface area contributed by atoms with Gasteiger partial charge in [0.2, 0.25) is 0 Å². The minimum Gasteiger partial charge on any atom is -0.492 e. The van der Waals surface area contributed by atoms with Gasteiger partial charge in [0.05, 0.1) is 21.7 Å². The Morgan fingerprint density at radius 3 is 2.36 bits per heavy atom. The Morgan fingerprint density at radius 2 is 1.73 bits per heavy atom. The minimum atomic E-state index is -3.75. The monoisotopic (exact) mass is 530 g/mol. The van der Waals surface area contributed by atoms with Crippen LogP contribution in [0.5, 0.6) is 5.75 Å². The second-order valence-electron chi connectivity index (χ2n) is 7.75. The summed E-state index contributed by atoms with van der Waals surface area (Å²) in [5.41, 5.74) is 3.38. The van der Waals surface area contributed by atoms with E-state index in [9.17, 15) is 13.2 Å². The van der Waals surface area contributed by atoms with Gasteiger partial charge in [-0.05, 0) is 90.3 Å². The molecule has 0 saturated carbocycles. The molecule has 0 radical (unpaired) electrons. The number of ether oxygens (including phenoxy) is 1. The van der Waals surface area contributed by atoms with Crippen LogP contribution in [-0.4, -0.2) is 20.9 Å². The first-order chi connectivity index (χ1) is 15.7. The van der Waals surface area contributed by atoms with Crippen molar-refractivity contribution in [2.45, 2.75) is 38.5 Å². The van der Waals surface area contributed by atoms with Gasteiger partial charge in [-0.15, -0.1) is 0 Å². The highest BCUT2D eigenvalue weighted by atomic mass is 79.9. The van der Waals surface area contributed by atoms with Crippen LogP contribution in [0, 0.1) is 13.8 Å². The first-order valence-corrected chi connectivity index (χ1v) is 12.9. The fourth-order valence-corrected chi connectivity index (χ4v) is 4.76. The van der Waals surface area contributed by atoms with Gasteiger partial charge in [-0.2, -0.15) is 0 Å². The Labute approximate surface area is 203 Å². The highest BCUT2D eigenvalue weighted by Crippen LogP contribution is 2.27. The van der Waals surface area contributed by atoms with Crippen molar-refractivity contribution in [3.05, 3.63) is 81.8 Å². The second kappa shape index (κ2) is 10.9. The van der Waals surface area contributed by atoms with Crippen LogP contribution in [0.25, 0.3) is 0 Å². The van der Waals surface area contributed by atoms with Crippen molar-refractivity contribution in [3.8, 4) is 5.75 Å².